The molecule has 1 saturated carbocycles. The number of halogens is 1. The molecule has 0 aromatic carbocycles. The van der Waals surface area contributed by atoms with Gasteiger partial charge < -0.3 is 4.90 Å². The van der Waals surface area contributed by atoms with Gasteiger partial charge in [-0.05, 0) is 41.4 Å². The van der Waals surface area contributed by atoms with E-state index in [0.29, 0.717) is 0 Å². The number of nitrogens with zero attached hydrogens (tertiary/aromatic N) is 3. The first-order chi connectivity index (χ1) is 6.75. The second-order valence-corrected chi connectivity index (χ2v) is 5.12. The highest BCUT2D eigenvalue weighted by molar-refractivity contribution is 14.1. The first-order valence-corrected chi connectivity index (χ1v) is 6.02. The molecular weight excluding hydrogens is 289 g/mol. The molecule has 1 aliphatic carbocycles. The highest BCUT2D eigenvalue weighted by Gasteiger charge is 2.19. The van der Waals surface area contributed by atoms with Crippen LogP contribution in [0.2, 0.25) is 0 Å². The maximum atomic E-state index is 4.30. The highest BCUT2D eigenvalue weighted by Crippen LogP contribution is 2.27. The minimum atomic E-state index is 0.845. The Morgan fingerprint density at radius 1 is 1.43 bits per heavy atom. The molecule has 0 spiro atoms. The summed E-state index contributed by atoms with van der Waals surface area (Å²) in [5, 5.41) is 0. The van der Waals surface area contributed by atoms with Crippen LogP contribution >= 0.6 is 22.6 Å². The third-order valence-electron chi connectivity index (χ3n) is 2.70. The van der Waals surface area contributed by atoms with E-state index in [2.05, 4.69) is 44.5 Å². The Morgan fingerprint density at radius 3 is 2.57 bits per heavy atom. The average Bonchev–Trinajstić information content (AvgIpc) is 2.12. The number of hydrogen-bond donors (Lipinski definition) is 0. The molecule has 1 aromatic rings. The van der Waals surface area contributed by atoms with E-state index >= 15 is 0 Å². The first-order valence-electron chi connectivity index (χ1n) is 4.94. The molecule has 3 nitrogen and oxygen atoms in total. The van der Waals surface area contributed by atoms with E-state index in [1.807, 2.05) is 12.4 Å². The van der Waals surface area contributed by atoms with E-state index < -0.39 is 0 Å². The Kier molecular flexibility index (Phi) is 3.20. The van der Waals surface area contributed by atoms with Crippen LogP contribution < -0.4 is 4.90 Å². The van der Waals surface area contributed by atoms with Crippen molar-refractivity contribution in [2.45, 2.75) is 19.3 Å². The maximum Gasteiger partial charge on any atom is 0.225 e. The van der Waals surface area contributed by atoms with Crippen molar-refractivity contribution < 1.29 is 0 Å². The van der Waals surface area contributed by atoms with Gasteiger partial charge in [-0.2, -0.15) is 0 Å². The molecule has 0 bridgehead atoms. The lowest BCUT2D eigenvalue weighted by atomic mass is 9.85. The predicted octanol–water partition coefficient (Wildman–Crippen LogP) is 2.32. The zero-order valence-corrected chi connectivity index (χ0v) is 10.4. The summed E-state index contributed by atoms with van der Waals surface area (Å²) in [5.41, 5.74) is 0. The van der Waals surface area contributed by atoms with Crippen molar-refractivity contribution >= 4 is 28.5 Å². The first kappa shape index (κ1) is 10.1. The van der Waals surface area contributed by atoms with Gasteiger partial charge in [0.1, 0.15) is 0 Å². The van der Waals surface area contributed by atoms with Crippen molar-refractivity contribution in [3.63, 3.8) is 0 Å². The van der Waals surface area contributed by atoms with Crippen LogP contribution in [0.25, 0.3) is 0 Å². The molecule has 0 N–H and O–H groups in total. The van der Waals surface area contributed by atoms with Gasteiger partial charge >= 0.3 is 0 Å². The van der Waals surface area contributed by atoms with Gasteiger partial charge in [-0.25, -0.2) is 9.97 Å². The van der Waals surface area contributed by atoms with Gasteiger partial charge in [0.05, 0.1) is 0 Å². The van der Waals surface area contributed by atoms with E-state index in [0.717, 1.165) is 22.0 Å². The lowest BCUT2D eigenvalue weighted by Crippen LogP contribution is -2.30. The average molecular weight is 303 g/mol. The second-order valence-electron chi connectivity index (χ2n) is 3.88. The van der Waals surface area contributed by atoms with Gasteiger partial charge in [-0.15, -0.1) is 0 Å². The lowest BCUT2D eigenvalue weighted by molar-refractivity contribution is 0.320. The number of anilines is 1. The van der Waals surface area contributed by atoms with E-state index in [9.17, 15) is 0 Å². The Balaban J connectivity index is 1.95. The van der Waals surface area contributed by atoms with Crippen LogP contribution in [0.1, 0.15) is 19.3 Å². The molecule has 0 amide bonds. The smallest absolute Gasteiger partial charge is 0.225 e. The quantitative estimate of drug-likeness (QED) is 0.803. The molecule has 1 heterocycles. The normalized spacial score (nSPS) is 16.4. The van der Waals surface area contributed by atoms with Gasteiger partial charge in [0.15, 0.2) is 0 Å². The van der Waals surface area contributed by atoms with Crippen molar-refractivity contribution in [3.8, 4) is 0 Å². The van der Waals surface area contributed by atoms with Crippen molar-refractivity contribution in [2.24, 2.45) is 5.92 Å². The molecule has 2 rings (SSSR count). The van der Waals surface area contributed by atoms with Crippen molar-refractivity contribution in [2.75, 3.05) is 18.5 Å². The third-order valence-corrected chi connectivity index (χ3v) is 3.26. The number of aromatic nitrogens is 2. The topological polar surface area (TPSA) is 29.0 Å². The summed E-state index contributed by atoms with van der Waals surface area (Å²) >= 11 is 2.22. The van der Waals surface area contributed by atoms with Gasteiger partial charge in [0.25, 0.3) is 0 Å². The van der Waals surface area contributed by atoms with Gasteiger partial charge in [0.2, 0.25) is 5.95 Å². The lowest BCUT2D eigenvalue weighted by Gasteiger charge is -2.29. The Labute approximate surface area is 98.1 Å². The molecule has 1 fully saturated rings. The summed E-state index contributed by atoms with van der Waals surface area (Å²) in [6, 6.07) is 0. The van der Waals surface area contributed by atoms with Crippen molar-refractivity contribution in [3.05, 3.63) is 16.0 Å². The molecule has 0 aliphatic heterocycles. The van der Waals surface area contributed by atoms with Crippen molar-refractivity contribution in [1.29, 1.82) is 0 Å². The minimum Gasteiger partial charge on any atom is -0.344 e. The minimum absolute atomic E-state index is 0.845. The van der Waals surface area contributed by atoms with Crippen LogP contribution in [-0.4, -0.2) is 23.6 Å². The fraction of sp³-hybridized carbons (Fsp3) is 0.600. The fourth-order valence-electron chi connectivity index (χ4n) is 1.65. The molecule has 1 aromatic heterocycles. The summed E-state index contributed by atoms with van der Waals surface area (Å²) in [7, 11) is 2.07. The molecule has 1 aliphatic rings. The highest BCUT2D eigenvalue weighted by atomic mass is 127. The Morgan fingerprint density at radius 2 is 2.07 bits per heavy atom. The van der Waals surface area contributed by atoms with Gasteiger partial charge in [0, 0.05) is 29.6 Å². The van der Waals surface area contributed by atoms with Crippen molar-refractivity contribution in [1.82, 2.24) is 9.97 Å². The van der Waals surface area contributed by atoms with E-state index in [4.69, 9.17) is 0 Å². The van der Waals surface area contributed by atoms with Crippen LogP contribution in [0.5, 0.6) is 0 Å². The fourth-order valence-corrected chi connectivity index (χ4v) is 1.93. The SMILES string of the molecule is CN(CC1CCC1)c1ncc(I)cn1. The van der Waals surface area contributed by atoms with Gasteiger partial charge in [-0.1, -0.05) is 6.42 Å². The summed E-state index contributed by atoms with van der Waals surface area (Å²) in [5.74, 6) is 1.71. The van der Waals surface area contributed by atoms with Gasteiger partial charge in [-0.3, -0.25) is 0 Å². The largest absolute Gasteiger partial charge is 0.344 e. The van der Waals surface area contributed by atoms with Crippen LogP contribution in [0.3, 0.4) is 0 Å². The molecular formula is C10H14IN3. The van der Waals surface area contributed by atoms with E-state index in [1.54, 1.807) is 0 Å². The molecule has 76 valence electrons. The summed E-state index contributed by atoms with van der Waals surface area (Å²) in [6.45, 7) is 1.10. The number of hydrogen-bond acceptors (Lipinski definition) is 3. The van der Waals surface area contributed by atoms with E-state index in [1.165, 1.54) is 19.3 Å². The Bertz CT molecular complexity index is 295. The zero-order chi connectivity index (χ0) is 9.97. The zero-order valence-electron chi connectivity index (χ0n) is 8.28. The Hall–Kier alpha value is -0.390. The maximum absolute atomic E-state index is 4.30. The second kappa shape index (κ2) is 4.42. The molecule has 0 saturated heterocycles. The van der Waals surface area contributed by atoms with Crippen LogP contribution in [0, 0.1) is 9.49 Å². The van der Waals surface area contributed by atoms with Crippen LogP contribution in [0.4, 0.5) is 5.95 Å². The standard InChI is InChI=1S/C10H14IN3/c1-14(7-8-3-2-4-8)10-12-5-9(11)6-13-10/h5-6,8H,2-4,7H2,1H3. The summed E-state index contributed by atoms with van der Waals surface area (Å²) < 4.78 is 1.09. The summed E-state index contributed by atoms with van der Waals surface area (Å²) in [6.07, 6.45) is 7.86. The summed E-state index contributed by atoms with van der Waals surface area (Å²) in [4.78, 5) is 10.7. The molecule has 0 atom stereocenters. The molecule has 14 heavy (non-hydrogen) atoms. The van der Waals surface area contributed by atoms with Crippen LogP contribution in [-0.2, 0) is 0 Å². The molecule has 0 unspecified atom stereocenters. The predicted molar refractivity (Wildman–Crippen MR) is 65.4 cm³/mol. The van der Waals surface area contributed by atoms with E-state index in [-0.39, 0.29) is 0 Å². The third kappa shape index (κ3) is 2.34. The number of rotatable bonds is 3. The van der Waals surface area contributed by atoms with Crippen LogP contribution in [0.15, 0.2) is 12.4 Å². The molecule has 4 heteroatoms. The monoisotopic (exact) mass is 303 g/mol. The molecule has 0 radical (unpaired) electrons.